The summed E-state index contributed by atoms with van der Waals surface area (Å²) in [5, 5.41) is 12.8. The zero-order valence-electron chi connectivity index (χ0n) is 21.7. The van der Waals surface area contributed by atoms with E-state index in [-0.39, 0.29) is 5.91 Å². The Morgan fingerprint density at radius 1 is 1.11 bits per heavy atom. The van der Waals surface area contributed by atoms with Crippen molar-refractivity contribution in [2.75, 3.05) is 5.32 Å². The van der Waals surface area contributed by atoms with Gasteiger partial charge >= 0.3 is 0 Å². The molecule has 0 spiro atoms. The minimum absolute atomic E-state index is 0.0903. The number of carbonyl (C=O) groups is 1. The molecule has 1 amide bonds. The van der Waals surface area contributed by atoms with Crippen LogP contribution in [0.5, 0.6) is 0 Å². The molecule has 0 bridgehead atoms. The molecule has 0 unspecified atom stereocenters. The van der Waals surface area contributed by atoms with Crippen LogP contribution >= 0.6 is 0 Å². The fourth-order valence-corrected chi connectivity index (χ4v) is 3.96. The van der Waals surface area contributed by atoms with Gasteiger partial charge in [-0.3, -0.25) is 29.9 Å². The van der Waals surface area contributed by atoms with E-state index in [1.807, 2.05) is 64.1 Å². The average Bonchev–Trinajstić information content (AvgIpc) is 3.50. The molecule has 0 atom stereocenters. The second kappa shape index (κ2) is 9.85. The molecule has 0 aliphatic carbocycles. The number of nitrogens with one attached hydrogen (secondary N) is 3. The Morgan fingerprint density at radius 3 is 2.68 bits per heavy atom. The smallest absolute Gasteiger partial charge is 0.229 e. The van der Waals surface area contributed by atoms with Crippen molar-refractivity contribution in [3.05, 3.63) is 93.5 Å². The Kier molecular flexibility index (Phi) is 6.42. The number of hydrogen-bond acceptors (Lipinski definition) is 6. The van der Waals surface area contributed by atoms with E-state index in [0.717, 1.165) is 27.4 Å². The third-order valence-electron chi connectivity index (χ3n) is 6.02. The SMILES string of the molecule is C=c1[nH][nH]c(=C2C=c3c(-c4cccnc4)nccc3=N2)c1=N/C(=C\C)c1cncc(NC(=O)C(C)(C)C)c1. The van der Waals surface area contributed by atoms with Crippen molar-refractivity contribution < 1.29 is 4.79 Å². The van der Waals surface area contributed by atoms with Crippen LogP contribution in [-0.4, -0.2) is 31.1 Å². The lowest BCUT2D eigenvalue weighted by Gasteiger charge is -2.17. The summed E-state index contributed by atoms with van der Waals surface area (Å²) in [4.78, 5) is 35.3. The Labute approximate surface area is 218 Å². The highest BCUT2D eigenvalue weighted by Crippen LogP contribution is 2.21. The second-order valence-electron chi connectivity index (χ2n) is 9.88. The summed E-state index contributed by atoms with van der Waals surface area (Å²) in [5.74, 6) is -0.0903. The minimum atomic E-state index is -0.523. The van der Waals surface area contributed by atoms with Crippen molar-refractivity contribution in [3.8, 4) is 11.3 Å². The lowest BCUT2D eigenvalue weighted by atomic mass is 9.95. The molecule has 0 fully saturated rings. The van der Waals surface area contributed by atoms with Gasteiger partial charge in [0, 0.05) is 46.5 Å². The molecule has 9 nitrogen and oxygen atoms in total. The topological polar surface area (TPSA) is 124 Å². The van der Waals surface area contributed by atoms with Crippen LogP contribution in [0.4, 0.5) is 5.69 Å². The van der Waals surface area contributed by atoms with E-state index in [4.69, 9.17) is 9.98 Å². The van der Waals surface area contributed by atoms with Crippen LogP contribution in [-0.2, 0) is 4.79 Å². The molecule has 4 aromatic heterocycles. The Hall–Kier alpha value is -4.92. The van der Waals surface area contributed by atoms with E-state index in [1.165, 1.54) is 0 Å². The summed E-state index contributed by atoms with van der Waals surface area (Å²) in [5.41, 5.74) is 3.96. The fourth-order valence-electron chi connectivity index (χ4n) is 3.96. The van der Waals surface area contributed by atoms with Gasteiger partial charge in [0.25, 0.3) is 0 Å². The third-order valence-corrected chi connectivity index (χ3v) is 6.02. The molecule has 1 aliphatic rings. The number of allylic oxidation sites excluding steroid dienone is 1. The number of H-pyrrole nitrogens is 2. The van der Waals surface area contributed by atoms with E-state index < -0.39 is 5.41 Å². The average molecular weight is 505 g/mol. The molecule has 0 aromatic carbocycles. The first kappa shape index (κ1) is 24.8. The predicted molar refractivity (Wildman–Crippen MR) is 148 cm³/mol. The summed E-state index contributed by atoms with van der Waals surface area (Å²) >= 11 is 0. The number of anilines is 1. The van der Waals surface area contributed by atoms with E-state index in [2.05, 4.69) is 37.0 Å². The molecule has 1 aliphatic heterocycles. The number of aromatic amines is 2. The largest absolute Gasteiger partial charge is 0.324 e. The van der Waals surface area contributed by atoms with Crippen molar-refractivity contribution in [1.82, 2.24) is 25.1 Å². The summed E-state index contributed by atoms with van der Waals surface area (Å²) < 4.78 is 0. The van der Waals surface area contributed by atoms with E-state index in [0.29, 0.717) is 33.1 Å². The van der Waals surface area contributed by atoms with E-state index >= 15 is 0 Å². The number of hydrogen-bond donors (Lipinski definition) is 3. The number of aromatic nitrogens is 5. The van der Waals surface area contributed by atoms with Gasteiger partial charge in [0.15, 0.2) is 0 Å². The van der Waals surface area contributed by atoms with Crippen molar-refractivity contribution in [2.24, 2.45) is 15.4 Å². The van der Waals surface area contributed by atoms with E-state index in [9.17, 15) is 4.79 Å². The van der Waals surface area contributed by atoms with Crippen LogP contribution in [0, 0.1) is 5.41 Å². The van der Waals surface area contributed by atoms with Gasteiger partial charge in [-0.1, -0.05) is 33.4 Å². The van der Waals surface area contributed by atoms with Crippen LogP contribution in [0.25, 0.3) is 35.3 Å². The van der Waals surface area contributed by atoms with Crippen molar-refractivity contribution in [3.63, 3.8) is 0 Å². The normalized spacial score (nSPS) is 15.1. The van der Waals surface area contributed by atoms with Gasteiger partial charge in [-0.05, 0) is 37.3 Å². The van der Waals surface area contributed by atoms with Crippen molar-refractivity contribution in [2.45, 2.75) is 27.7 Å². The molecule has 0 saturated carbocycles. The van der Waals surface area contributed by atoms with Gasteiger partial charge in [-0.2, -0.15) is 0 Å². The van der Waals surface area contributed by atoms with Crippen LogP contribution in [0.1, 0.15) is 33.3 Å². The Morgan fingerprint density at radius 2 is 1.95 bits per heavy atom. The van der Waals surface area contributed by atoms with Gasteiger partial charge in [0.1, 0.15) is 10.7 Å². The molecule has 190 valence electrons. The molecule has 5 rings (SSSR count). The molecular formula is C29H28N8O. The van der Waals surface area contributed by atoms with Crippen molar-refractivity contribution >= 4 is 35.6 Å². The van der Waals surface area contributed by atoms with Gasteiger partial charge in [0.2, 0.25) is 5.91 Å². The highest BCUT2D eigenvalue weighted by Gasteiger charge is 2.21. The maximum atomic E-state index is 12.5. The number of pyridine rings is 3. The molecule has 5 heterocycles. The maximum absolute atomic E-state index is 12.5. The summed E-state index contributed by atoms with van der Waals surface area (Å²) in [6.07, 6.45) is 12.5. The van der Waals surface area contributed by atoms with Crippen LogP contribution in [0.3, 0.4) is 0 Å². The first-order valence-electron chi connectivity index (χ1n) is 12.2. The van der Waals surface area contributed by atoms with Gasteiger partial charge in [0.05, 0.1) is 39.7 Å². The molecule has 3 N–H and O–H groups in total. The first-order chi connectivity index (χ1) is 18.2. The number of carbonyl (C=O) groups excluding carboxylic acids is 1. The maximum Gasteiger partial charge on any atom is 0.229 e. The molecule has 38 heavy (non-hydrogen) atoms. The lowest BCUT2D eigenvalue weighted by molar-refractivity contribution is -0.123. The van der Waals surface area contributed by atoms with Gasteiger partial charge in [-0.25, -0.2) is 9.98 Å². The lowest BCUT2D eigenvalue weighted by Crippen LogP contribution is -2.34. The minimum Gasteiger partial charge on any atom is -0.324 e. The number of rotatable bonds is 4. The fraction of sp³-hybridized carbons (Fsp3) is 0.172. The molecule has 0 saturated heterocycles. The summed E-state index contributed by atoms with van der Waals surface area (Å²) in [6, 6.07) is 7.60. The number of amides is 1. The summed E-state index contributed by atoms with van der Waals surface area (Å²) in [7, 11) is 0. The standard InChI is InChI=1S/C29H28N8O/c1-6-22(19-12-20(16-31-15-19)33-28(38)29(3,4)5)35-25-17(2)36-37-27(25)24-13-21-23(34-24)9-11-32-26(21)18-8-7-10-30-14-18/h6-16,36-37H,2H2,1,3-5H3,(H,33,38)/b22-6-,27-24?,35-25?. The second-order valence-corrected chi connectivity index (χ2v) is 9.88. The zero-order valence-corrected chi connectivity index (χ0v) is 21.7. The van der Waals surface area contributed by atoms with Crippen LogP contribution < -0.4 is 31.9 Å². The quantitative estimate of drug-likeness (QED) is 0.392. The van der Waals surface area contributed by atoms with Crippen LogP contribution in [0.15, 0.2) is 71.3 Å². The predicted octanol–water partition coefficient (Wildman–Crippen LogP) is 1.77. The summed E-state index contributed by atoms with van der Waals surface area (Å²) in [6.45, 7) is 11.6. The van der Waals surface area contributed by atoms with Crippen molar-refractivity contribution in [1.29, 1.82) is 0 Å². The Balaban J connectivity index is 1.61. The zero-order chi connectivity index (χ0) is 26.9. The molecule has 0 radical (unpaired) electrons. The molecule has 4 aromatic rings. The van der Waals surface area contributed by atoms with E-state index in [1.54, 1.807) is 31.0 Å². The number of fused-ring (bicyclic) bond motifs is 1. The van der Waals surface area contributed by atoms with Gasteiger partial charge in [-0.15, -0.1) is 0 Å². The molecule has 9 heteroatoms. The first-order valence-corrected chi connectivity index (χ1v) is 12.2. The number of nitrogens with zero attached hydrogens (tertiary/aromatic N) is 5. The highest BCUT2D eigenvalue weighted by molar-refractivity contribution is 5.94. The third kappa shape index (κ3) is 4.86. The molecular weight excluding hydrogens is 476 g/mol. The van der Waals surface area contributed by atoms with Gasteiger partial charge < -0.3 is 5.32 Å². The Bertz CT molecular complexity index is 1870. The van der Waals surface area contributed by atoms with Crippen LogP contribution in [0.2, 0.25) is 0 Å². The highest BCUT2D eigenvalue weighted by atomic mass is 16.2. The monoisotopic (exact) mass is 504 g/mol.